The molecule has 1 amide bonds. The Hall–Kier alpha value is -2.55. The second kappa shape index (κ2) is 9.98. The molecule has 7 nitrogen and oxygen atoms in total. The van der Waals surface area contributed by atoms with Gasteiger partial charge in [-0.15, -0.1) is 11.3 Å². The van der Waals surface area contributed by atoms with Crippen molar-refractivity contribution in [3.05, 3.63) is 51.8 Å². The lowest BCUT2D eigenvalue weighted by atomic mass is 9.95. The maximum absolute atomic E-state index is 13.3. The minimum absolute atomic E-state index is 0.0578. The van der Waals surface area contributed by atoms with E-state index < -0.39 is 0 Å². The highest BCUT2D eigenvalue weighted by atomic mass is 32.1. The van der Waals surface area contributed by atoms with E-state index in [2.05, 4.69) is 43.1 Å². The first-order chi connectivity index (χ1) is 16.2. The largest absolute Gasteiger partial charge is 0.497 e. The fourth-order valence-electron chi connectivity index (χ4n) is 4.33. The first kappa shape index (κ1) is 24.6. The number of aryl methyl sites for hydroxylation is 2. The summed E-state index contributed by atoms with van der Waals surface area (Å²) < 4.78 is 10.9. The number of thiophene rings is 1. The van der Waals surface area contributed by atoms with Crippen molar-refractivity contribution in [1.29, 1.82) is 0 Å². The molecule has 0 spiro atoms. The van der Waals surface area contributed by atoms with Gasteiger partial charge in [0.15, 0.2) is 0 Å². The summed E-state index contributed by atoms with van der Waals surface area (Å²) in [5.41, 5.74) is 2.87. The summed E-state index contributed by atoms with van der Waals surface area (Å²) in [4.78, 5) is 26.8. The fourth-order valence-corrected chi connectivity index (χ4v) is 5.48. The third-order valence-electron chi connectivity index (χ3n) is 6.29. The highest BCUT2D eigenvalue weighted by molar-refractivity contribution is 7.20. The van der Waals surface area contributed by atoms with E-state index in [1.807, 2.05) is 26.0 Å². The standard InChI is InChI=1S/C26H34N4O3S/c1-16-21-17(2)28-25(26(3,4)5)29-24(21)34-22(16)23(31)27-15-20(30-11-13-33-14-12-30)18-7-9-19(32-6)10-8-18/h7-10,20H,11-15H2,1-6H3,(H,27,31)/t20-/m1/s1. The van der Waals surface area contributed by atoms with Crippen molar-refractivity contribution >= 4 is 27.5 Å². The molecule has 1 N–H and O–H groups in total. The van der Waals surface area contributed by atoms with Crippen LogP contribution in [0.1, 0.15) is 59.1 Å². The average molecular weight is 483 g/mol. The zero-order valence-electron chi connectivity index (χ0n) is 20.9. The highest BCUT2D eigenvalue weighted by Crippen LogP contribution is 2.33. The third-order valence-corrected chi connectivity index (χ3v) is 7.48. The summed E-state index contributed by atoms with van der Waals surface area (Å²) in [5, 5.41) is 4.19. The van der Waals surface area contributed by atoms with Crippen LogP contribution in [0.4, 0.5) is 0 Å². The van der Waals surface area contributed by atoms with Gasteiger partial charge in [0.25, 0.3) is 5.91 Å². The quantitative estimate of drug-likeness (QED) is 0.561. The van der Waals surface area contributed by atoms with Crippen molar-refractivity contribution in [1.82, 2.24) is 20.2 Å². The minimum Gasteiger partial charge on any atom is -0.497 e. The minimum atomic E-state index is -0.150. The number of rotatable bonds is 6. The lowest BCUT2D eigenvalue weighted by molar-refractivity contribution is 0.0162. The molecule has 0 aliphatic carbocycles. The molecule has 1 aliphatic rings. The van der Waals surface area contributed by atoms with E-state index in [0.717, 1.165) is 51.7 Å². The second-order valence-corrected chi connectivity index (χ2v) is 10.8. The SMILES string of the molecule is COc1ccc([C@@H](CNC(=O)c2sc3nc(C(C)(C)C)nc(C)c3c2C)N2CCOCC2)cc1. The number of amides is 1. The Labute approximate surface area is 205 Å². The van der Waals surface area contributed by atoms with Crippen LogP contribution in [-0.2, 0) is 10.2 Å². The molecule has 182 valence electrons. The van der Waals surface area contributed by atoms with E-state index in [9.17, 15) is 4.79 Å². The monoisotopic (exact) mass is 482 g/mol. The molecule has 1 atom stereocenters. The second-order valence-electron chi connectivity index (χ2n) is 9.77. The Morgan fingerprint density at radius 3 is 2.47 bits per heavy atom. The molecule has 2 aromatic heterocycles. The summed E-state index contributed by atoms with van der Waals surface area (Å²) >= 11 is 1.45. The Morgan fingerprint density at radius 2 is 1.85 bits per heavy atom. The molecule has 0 saturated carbocycles. The van der Waals surface area contributed by atoms with Crippen molar-refractivity contribution in [2.75, 3.05) is 40.0 Å². The maximum atomic E-state index is 13.3. The maximum Gasteiger partial charge on any atom is 0.261 e. The molecule has 4 rings (SSSR count). The summed E-state index contributed by atoms with van der Waals surface area (Å²) in [6.07, 6.45) is 0. The first-order valence-electron chi connectivity index (χ1n) is 11.7. The highest BCUT2D eigenvalue weighted by Gasteiger charge is 2.26. The van der Waals surface area contributed by atoms with Crippen LogP contribution in [0.3, 0.4) is 0 Å². The first-order valence-corrected chi connectivity index (χ1v) is 12.5. The number of nitrogens with zero attached hydrogens (tertiary/aromatic N) is 3. The Balaban J connectivity index is 1.58. The van der Waals surface area contributed by atoms with Crippen LogP contribution in [0, 0.1) is 13.8 Å². The number of morpholine rings is 1. The van der Waals surface area contributed by atoms with E-state index in [1.165, 1.54) is 11.3 Å². The molecule has 1 aliphatic heterocycles. The Kier molecular flexibility index (Phi) is 7.21. The van der Waals surface area contributed by atoms with Crippen LogP contribution >= 0.6 is 11.3 Å². The number of methoxy groups -OCH3 is 1. The molecule has 0 bridgehead atoms. The van der Waals surface area contributed by atoms with E-state index in [4.69, 9.17) is 19.4 Å². The normalized spacial score (nSPS) is 15.9. The van der Waals surface area contributed by atoms with Gasteiger partial charge in [0, 0.05) is 30.4 Å². The van der Waals surface area contributed by atoms with Gasteiger partial charge in [-0.2, -0.15) is 0 Å². The molecule has 3 aromatic rings. The van der Waals surface area contributed by atoms with Gasteiger partial charge in [0.05, 0.1) is 36.9 Å². The number of fused-ring (bicyclic) bond motifs is 1. The van der Waals surface area contributed by atoms with Crippen molar-refractivity contribution in [2.24, 2.45) is 0 Å². The number of ether oxygens (including phenoxy) is 2. The lowest BCUT2D eigenvalue weighted by Crippen LogP contribution is -2.43. The van der Waals surface area contributed by atoms with Crippen LogP contribution in [0.25, 0.3) is 10.2 Å². The van der Waals surface area contributed by atoms with Crippen molar-refractivity contribution in [3.8, 4) is 5.75 Å². The predicted octanol–water partition coefficient (Wildman–Crippen LogP) is 4.42. The zero-order valence-corrected chi connectivity index (χ0v) is 21.7. The number of carbonyl (C=O) groups is 1. The molecule has 1 saturated heterocycles. The smallest absolute Gasteiger partial charge is 0.261 e. The van der Waals surface area contributed by atoms with Crippen LogP contribution in [-0.4, -0.2) is 60.7 Å². The molecule has 0 unspecified atom stereocenters. The molecule has 1 aromatic carbocycles. The van der Waals surface area contributed by atoms with Crippen LogP contribution in [0.2, 0.25) is 0 Å². The molecule has 3 heterocycles. The van der Waals surface area contributed by atoms with Gasteiger partial charge in [0.1, 0.15) is 16.4 Å². The number of carbonyl (C=O) groups excluding carboxylic acids is 1. The number of benzene rings is 1. The predicted molar refractivity (Wildman–Crippen MR) is 136 cm³/mol. The van der Waals surface area contributed by atoms with Crippen molar-refractivity contribution < 1.29 is 14.3 Å². The zero-order chi connectivity index (χ0) is 24.5. The van der Waals surface area contributed by atoms with Gasteiger partial charge in [-0.25, -0.2) is 9.97 Å². The fraction of sp³-hybridized carbons (Fsp3) is 0.500. The van der Waals surface area contributed by atoms with Gasteiger partial charge in [-0.05, 0) is 37.1 Å². The van der Waals surface area contributed by atoms with Gasteiger partial charge < -0.3 is 14.8 Å². The molecular weight excluding hydrogens is 448 g/mol. The topological polar surface area (TPSA) is 76.6 Å². The van der Waals surface area contributed by atoms with Crippen LogP contribution in [0.5, 0.6) is 5.75 Å². The van der Waals surface area contributed by atoms with Crippen LogP contribution < -0.4 is 10.1 Å². The van der Waals surface area contributed by atoms with Crippen LogP contribution in [0.15, 0.2) is 24.3 Å². The molecule has 1 fully saturated rings. The van der Waals surface area contributed by atoms with Crippen molar-refractivity contribution in [3.63, 3.8) is 0 Å². The van der Waals surface area contributed by atoms with E-state index >= 15 is 0 Å². The lowest BCUT2D eigenvalue weighted by Gasteiger charge is -2.35. The number of hydrogen-bond donors (Lipinski definition) is 1. The summed E-state index contributed by atoms with van der Waals surface area (Å²) in [6.45, 7) is 13.9. The molecule has 0 radical (unpaired) electrons. The van der Waals surface area contributed by atoms with E-state index in [1.54, 1.807) is 7.11 Å². The summed E-state index contributed by atoms with van der Waals surface area (Å²) in [5.74, 6) is 1.56. The van der Waals surface area contributed by atoms with E-state index in [0.29, 0.717) is 24.6 Å². The average Bonchev–Trinajstić information content (AvgIpc) is 3.16. The summed E-state index contributed by atoms with van der Waals surface area (Å²) in [6, 6.07) is 8.14. The van der Waals surface area contributed by atoms with Gasteiger partial charge in [-0.1, -0.05) is 32.9 Å². The van der Waals surface area contributed by atoms with E-state index in [-0.39, 0.29) is 17.4 Å². The molecule has 34 heavy (non-hydrogen) atoms. The third kappa shape index (κ3) is 5.09. The summed E-state index contributed by atoms with van der Waals surface area (Å²) in [7, 11) is 1.67. The van der Waals surface area contributed by atoms with Gasteiger partial charge in [0.2, 0.25) is 0 Å². The number of aromatic nitrogens is 2. The Morgan fingerprint density at radius 1 is 1.18 bits per heavy atom. The molecular formula is C26H34N4O3S. The number of hydrogen-bond acceptors (Lipinski definition) is 7. The van der Waals surface area contributed by atoms with Gasteiger partial charge in [-0.3, -0.25) is 9.69 Å². The molecule has 8 heteroatoms. The number of nitrogens with one attached hydrogen (secondary N) is 1. The van der Waals surface area contributed by atoms with Gasteiger partial charge >= 0.3 is 0 Å². The Bertz CT molecular complexity index is 1160. The van der Waals surface area contributed by atoms with Crippen molar-refractivity contribution in [2.45, 2.75) is 46.1 Å².